The molecule has 3 aliphatic rings. The first kappa shape index (κ1) is 22.6. The molecule has 1 saturated carbocycles. The van der Waals surface area contributed by atoms with Gasteiger partial charge in [-0.15, -0.1) is 0 Å². The predicted molar refractivity (Wildman–Crippen MR) is 127 cm³/mol. The molecule has 1 amide bonds. The summed E-state index contributed by atoms with van der Waals surface area (Å²) in [4.78, 5) is 19.1. The monoisotopic (exact) mass is 464 g/mol. The van der Waals surface area contributed by atoms with Crippen LogP contribution in [0.1, 0.15) is 58.3 Å². The molecule has 3 fully saturated rings. The van der Waals surface area contributed by atoms with E-state index in [1.807, 2.05) is 29.2 Å². The Balaban J connectivity index is 1.53. The van der Waals surface area contributed by atoms with Crippen LogP contribution >= 0.6 is 11.8 Å². The zero-order valence-corrected chi connectivity index (χ0v) is 19.8. The zero-order chi connectivity index (χ0) is 21.8. The number of sulfone groups is 1. The van der Waals surface area contributed by atoms with Crippen LogP contribution in [0.25, 0.3) is 0 Å². The lowest BCUT2D eigenvalue weighted by Crippen LogP contribution is -2.37. The van der Waals surface area contributed by atoms with Gasteiger partial charge in [0.05, 0.1) is 24.2 Å². The van der Waals surface area contributed by atoms with Gasteiger partial charge >= 0.3 is 0 Å². The van der Waals surface area contributed by atoms with Crippen molar-refractivity contribution in [2.45, 2.75) is 69.6 Å². The normalized spacial score (nSPS) is 26.5. The average molecular weight is 465 g/mol. The van der Waals surface area contributed by atoms with Crippen LogP contribution in [-0.4, -0.2) is 48.9 Å². The molecule has 2 heterocycles. The highest BCUT2D eigenvalue weighted by Crippen LogP contribution is 2.41. The fourth-order valence-electron chi connectivity index (χ4n) is 4.71. The van der Waals surface area contributed by atoms with Gasteiger partial charge in [-0.3, -0.25) is 4.79 Å². The van der Waals surface area contributed by atoms with Gasteiger partial charge in [0.1, 0.15) is 5.75 Å². The van der Waals surface area contributed by atoms with Crippen LogP contribution in [0.15, 0.2) is 29.3 Å². The summed E-state index contributed by atoms with van der Waals surface area (Å²) in [6.07, 6.45) is 8.39. The summed E-state index contributed by atoms with van der Waals surface area (Å²) in [7, 11) is -3.08. The third-order valence-corrected chi connectivity index (χ3v) is 9.60. The molecule has 1 aromatic rings. The number of unbranched alkanes of at least 4 members (excludes halogenated alkanes) is 1. The summed E-state index contributed by atoms with van der Waals surface area (Å²) in [6.45, 7) is 2.77. The summed E-state index contributed by atoms with van der Waals surface area (Å²) >= 11 is 1.44. The summed E-state index contributed by atoms with van der Waals surface area (Å²) in [5, 5.41) is 0.545. The maximum Gasteiger partial charge on any atom is 0.248 e. The van der Waals surface area contributed by atoms with Crippen molar-refractivity contribution in [1.82, 2.24) is 0 Å². The van der Waals surface area contributed by atoms with Crippen LogP contribution in [0.3, 0.4) is 0 Å². The molecular formula is C23H32N2O4S2. The van der Waals surface area contributed by atoms with Crippen LogP contribution in [0, 0.1) is 5.92 Å². The molecule has 0 radical (unpaired) electrons. The molecule has 4 rings (SSSR count). The number of aliphatic imine (C=N–C) groups is 1. The Morgan fingerprint density at radius 1 is 1.26 bits per heavy atom. The third kappa shape index (κ3) is 5.64. The highest BCUT2D eigenvalue weighted by Gasteiger charge is 2.49. The Bertz CT molecular complexity index is 925. The Hall–Kier alpha value is -1.54. The Kier molecular flexibility index (Phi) is 7.26. The van der Waals surface area contributed by atoms with Gasteiger partial charge in [0, 0.05) is 23.4 Å². The minimum atomic E-state index is -3.08. The maximum absolute atomic E-state index is 12.7. The minimum Gasteiger partial charge on any atom is -0.494 e. The molecule has 2 aliphatic heterocycles. The molecule has 8 heteroatoms. The molecule has 170 valence electrons. The van der Waals surface area contributed by atoms with Crippen molar-refractivity contribution < 1.29 is 17.9 Å². The van der Waals surface area contributed by atoms with Gasteiger partial charge in [0.25, 0.3) is 0 Å². The molecular weight excluding hydrogens is 432 g/mol. The summed E-state index contributed by atoms with van der Waals surface area (Å²) in [6, 6.07) is 7.51. The van der Waals surface area contributed by atoms with Crippen molar-refractivity contribution in [3.05, 3.63) is 24.3 Å². The standard InChI is InChI=1S/C23H32N2O4S2/c1-2-3-13-29-19-10-6-9-18(14-19)25-20-15-31(27,28)16-21(20)30-23(25)24-22(26)12-11-17-7-4-5-8-17/h6,9-10,14,17,20-21H,2-5,7-8,11-13,15-16H2,1H3/t20-,21-/m1/s1. The van der Waals surface area contributed by atoms with Crippen molar-refractivity contribution in [3.8, 4) is 5.75 Å². The van der Waals surface area contributed by atoms with E-state index in [9.17, 15) is 13.2 Å². The van der Waals surface area contributed by atoms with Gasteiger partial charge in [0.2, 0.25) is 5.91 Å². The van der Waals surface area contributed by atoms with Crippen molar-refractivity contribution in [2.75, 3.05) is 23.0 Å². The Labute approximate surface area is 189 Å². The number of carbonyl (C=O) groups excluding carboxylic acids is 1. The van der Waals surface area contributed by atoms with Crippen molar-refractivity contribution in [3.63, 3.8) is 0 Å². The predicted octanol–water partition coefficient (Wildman–Crippen LogP) is 4.44. The van der Waals surface area contributed by atoms with Gasteiger partial charge in [0.15, 0.2) is 15.0 Å². The Morgan fingerprint density at radius 2 is 2.06 bits per heavy atom. The number of nitrogens with zero attached hydrogens (tertiary/aromatic N) is 2. The minimum absolute atomic E-state index is 0.0870. The zero-order valence-electron chi connectivity index (χ0n) is 18.2. The fourth-order valence-corrected chi connectivity index (χ4v) is 8.64. The maximum atomic E-state index is 12.7. The van der Waals surface area contributed by atoms with Gasteiger partial charge in [-0.25, -0.2) is 8.42 Å². The second kappa shape index (κ2) is 9.94. The number of rotatable bonds is 8. The molecule has 2 atom stereocenters. The van der Waals surface area contributed by atoms with E-state index >= 15 is 0 Å². The average Bonchev–Trinajstić information content (AvgIpc) is 3.41. The molecule has 0 aromatic heterocycles. The molecule has 2 saturated heterocycles. The molecule has 0 unspecified atom stereocenters. The first-order chi connectivity index (χ1) is 14.9. The summed E-state index contributed by atoms with van der Waals surface area (Å²) in [5.74, 6) is 1.55. The van der Waals surface area contributed by atoms with Crippen LogP contribution < -0.4 is 9.64 Å². The number of anilines is 1. The number of hydrogen-bond acceptors (Lipinski definition) is 5. The second-order valence-electron chi connectivity index (χ2n) is 8.85. The van der Waals surface area contributed by atoms with E-state index in [0.717, 1.165) is 30.7 Å². The number of hydrogen-bond donors (Lipinski definition) is 0. The second-order valence-corrected chi connectivity index (χ2v) is 12.2. The summed E-state index contributed by atoms with van der Waals surface area (Å²) in [5.41, 5.74) is 0.841. The van der Waals surface area contributed by atoms with Crippen LogP contribution in [0.2, 0.25) is 0 Å². The molecule has 0 bridgehead atoms. The molecule has 31 heavy (non-hydrogen) atoms. The molecule has 1 aromatic carbocycles. The van der Waals surface area contributed by atoms with Crippen LogP contribution in [0.4, 0.5) is 5.69 Å². The summed E-state index contributed by atoms with van der Waals surface area (Å²) < 4.78 is 30.4. The number of carbonyl (C=O) groups is 1. The molecule has 1 aliphatic carbocycles. The quantitative estimate of drug-likeness (QED) is 0.530. The number of amides is 1. The van der Waals surface area contributed by atoms with E-state index in [-0.39, 0.29) is 28.7 Å². The van der Waals surface area contributed by atoms with Crippen molar-refractivity contribution >= 4 is 38.4 Å². The number of thioether (sulfide) groups is 1. The van der Waals surface area contributed by atoms with E-state index in [0.29, 0.717) is 24.1 Å². The van der Waals surface area contributed by atoms with Crippen LogP contribution in [0.5, 0.6) is 5.75 Å². The smallest absolute Gasteiger partial charge is 0.248 e. The van der Waals surface area contributed by atoms with E-state index in [4.69, 9.17) is 4.74 Å². The van der Waals surface area contributed by atoms with Crippen molar-refractivity contribution in [1.29, 1.82) is 0 Å². The first-order valence-corrected chi connectivity index (χ1v) is 14.2. The van der Waals surface area contributed by atoms with Gasteiger partial charge in [-0.2, -0.15) is 4.99 Å². The van der Waals surface area contributed by atoms with E-state index in [2.05, 4.69) is 11.9 Å². The SMILES string of the molecule is CCCCOc1cccc(N2C(=NC(=O)CCC3CCCC3)S[C@@H]3CS(=O)(=O)C[C@H]32)c1. The van der Waals surface area contributed by atoms with E-state index in [1.54, 1.807) is 0 Å². The lowest BCUT2D eigenvalue weighted by atomic mass is 10.0. The van der Waals surface area contributed by atoms with Gasteiger partial charge in [-0.1, -0.05) is 56.9 Å². The topological polar surface area (TPSA) is 76.0 Å². The third-order valence-electron chi connectivity index (χ3n) is 6.39. The number of amidine groups is 1. The number of benzene rings is 1. The van der Waals surface area contributed by atoms with E-state index < -0.39 is 9.84 Å². The lowest BCUT2D eigenvalue weighted by Gasteiger charge is -2.25. The number of ether oxygens (including phenoxy) is 1. The molecule has 6 nitrogen and oxygen atoms in total. The van der Waals surface area contributed by atoms with Gasteiger partial charge < -0.3 is 9.64 Å². The first-order valence-electron chi connectivity index (χ1n) is 11.5. The number of fused-ring (bicyclic) bond motifs is 1. The van der Waals surface area contributed by atoms with Crippen molar-refractivity contribution in [2.24, 2.45) is 10.9 Å². The lowest BCUT2D eigenvalue weighted by molar-refractivity contribution is -0.118. The largest absolute Gasteiger partial charge is 0.494 e. The molecule has 0 spiro atoms. The van der Waals surface area contributed by atoms with Gasteiger partial charge in [-0.05, 0) is 30.9 Å². The highest BCUT2D eigenvalue weighted by atomic mass is 32.2. The van der Waals surface area contributed by atoms with Crippen LogP contribution in [-0.2, 0) is 14.6 Å². The van der Waals surface area contributed by atoms with E-state index in [1.165, 1.54) is 37.4 Å². The molecule has 0 N–H and O–H groups in total. The fraction of sp³-hybridized carbons (Fsp3) is 0.652. The Morgan fingerprint density at radius 3 is 2.84 bits per heavy atom. The highest BCUT2D eigenvalue weighted by molar-refractivity contribution is 8.16.